The fourth-order valence-electron chi connectivity index (χ4n) is 1.21. The number of rotatable bonds is 4. The van der Waals surface area contributed by atoms with Crippen molar-refractivity contribution >= 4 is 17.5 Å². The average molecular weight is 244 g/mol. The third-order valence-electron chi connectivity index (χ3n) is 2.33. The number of hydrogen-bond donors (Lipinski definition) is 1. The zero-order valence-corrected chi connectivity index (χ0v) is 11.2. The topological polar surface area (TPSA) is 57.5 Å². The number of carboxylic acid groups (broad SMARTS) is 1. The molecule has 0 spiro atoms. The molecule has 0 saturated carbocycles. The van der Waals surface area contributed by atoms with Crippen LogP contribution < -0.4 is 10.0 Å². The Hall–Kier alpha value is -0.940. The minimum atomic E-state index is -1.15. The quantitative estimate of drug-likeness (QED) is 0.794. The second-order valence-electron chi connectivity index (χ2n) is 3.43. The number of hydrogen-bond acceptors (Lipinski definition) is 4. The van der Waals surface area contributed by atoms with E-state index in [0.29, 0.717) is 0 Å². The van der Waals surface area contributed by atoms with Crippen molar-refractivity contribution < 1.29 is 14.8 Å². The number of carbonyl (C=O) groups is 1. The molecule has 1 aromatic rings. The van der Waals surface area contributed by atoms with Crippen LogP contribution in [-0.4, -0.2) is 30.0 Å². The number of nitrogens with zero attached hydrogens (tertiary/aromatic N) is 1. The number of carboxylic acids is 1. The van der Waals surface area contributed by atoms with Crippen LogP contribution in [0.2, 0.25) is 0 Å². The summed E-state index contributed by atoms with van der Waals surface area (Å²) in [5.74, 6) is -1.15. The van der Waals surface area contributed by atoms with Gasteiger partial charge in [0.2, 0.25) is 0 Å². The average Bonchev–Trinajstić information content (AvgIpc) is 2.69. The maximum absolute atomic E-state index is 10.1. The van der Waals surface area contributed by atoms with Crippen molar-refractivity contribution in [1.29, 1.82) is 0 Å². The molecule has 0 bridgehead atoms. The van der Waals surface area contributed by atoms with E-state index in [0.717, 1.165) is 17.2 Å². The van der Waals surface area contributed by atoms with Crippen LogP contribution in [0.3, 0.4) is 0 Å². The van der Waals surface area contributed by atoms with Gasteiger partial charge in [-0.15, -0.1) is 0 Å². The Balaban J connectivity index is 0.000000293. The van der Waals surface area contributed by atoms with E-state index >= 15 is 0 Å². The van der Waals surface area contributed by atoms with Crippen molar-refractivity contribution in [3.05, 3.63) is 16.6 Å². The van der Waals surface area contributed by atoms with Crippen LogP contribution in [0.15, 0.2) is 6.07 Å². The summed E-state index contributed by atoms with van der Waals surface area (Å²) in [5.41, 5.74) is 0.721. The van der Waals surface area contributed by atoms with Gasteiger partial charge in [0.05, 0.1) is 36.2 Å². The maximum Gasteiger partial charge on any atom is 0.0831 e. The zero-order chi connectivity index (χ0) is 12.6. The van der Waals surface area contributed by atoms with Gasteiger partial charge in [-0.2, -0.15) is 4.37 Å². The van der Waals surface area contributed by atoms with Gasteiger partial charge < -0.3 is 14.8 Å². The molecule has 5 heteroatoms. The van der Waals surface area contributed by atoms with E-state index in [-0.39, 0.29) is 4.88 Å². The number of aromatic carboxylic acids is 1. The first-order valence-electron chi connectivity index (χ1n) is 5.53. The predicted molar refractivity (Wildman–Crippen MR) is 63.8 cm³/mol. The standard InChI is InChI=1S/C6H15N.C5H5NO2S/c1-4-7(5-2)6-3;1-3-2-4(5(7)8)9-6-3/h4-6H2,1-3H3;2H,1H3,(H,7,8). The summed E-state index contributed by atoms with van der Waals surface area (Å²) in [7, 11) is 0. The normalized spacial score (nSPS) is 9.81. The van der Waals surface area contributed by atoms with Crippen molar-refractivity contribution in [2.45, 2.75) is 27.7 Å². The SMILES string of the molecule is CC[NH+](CC)CC.Cc1cc(C(=O)[O-])sn1. The Bertz CT molecular complexity index is 303. The highest BCUT2D eigenvalue weighted by atomic mass is 32.1. The van der Waals surface area contributed by atoms with Crippen LogP contribution in [0.5, 0.6) is 0 Å². The van der Waals surface area contributed by atoms with E-state index in [1.54, 1.807) is 11.8 Å². The summed E-state index contributed by atoms with van der Waals surface area (Å²) in [6.45, 7) is 12.2. The molecule has 0 amide bonds. The first-order chi connectivity index (χ1) is 7.54. The van der Waals surface area contributed by atoms with E-state index < -0.39 is 5.97 Å². The van der Waals surface area contributed by atoms with Gasteiger partial charge in [-0.1, -0.05) is 0 Å². The largest absolute Gasteiger partial charge is 0.544 e. The van der Waals surface area contributed by atoms with Crippen LogP contribution in [-0.2, 0) is 0 Å². The number of aromatic nitrogens is 1. The molecule has 0 unspecified atom stereocenters. The molecule has 0 aliphatic carbocycles. The molecule has 16 heavy (non-hydrogen) atoms. The van der Waals surface area contributed by atoms with Gasteiger partial charge in [0.15, 0.2) is 0 Å². The van der Waals surface area contributed by atoms with Crippen LogP contribution in [0.25, 0.3) is 0 Å². The molecule has 92 valence electrons. The second-order valence-corrected chi connectivity index (χ2v) is 4.24. The molecule has 0 atom stereocenters. The minimum Gasteiger partial charge on any atom is -0.544 e. The summed E-state index contributed by atoms with van der Waals surface area (Å²) in [6.07, 6.45) is 0. The van der Waals surface area contributed by atoms with E-state index in [9.17, 15) is 9.90 Å². The molecule has 1 rings (SSSR count). The van der Waals surface area contributed by atoms with Gasteiger partial charge in [-0.3, -0.25) is 0 Å². The summed E-state index contributed by atoms with van der Waals surface area (Å²) in [5, 5.41) is 10.1. The first-order valence-corrected chi connectivity index (χ1v) is 6.30. The molecule has 0 aromatic carbocycles. The van der Waals surface area contributed by atoms with Crippen molar-refractivity contribution in [2.75, 3.05) is 19.6 Å². The lowest BCUT2D eigenvalue weighted by atomic mass is 10.4. The summed E-state index contributed by atoms with van der Waals surface area (Å²) >= 11 is 0.946. The Morgan fingerprint density at radius 2 is 1.88 bits per heavy atom. The highest BCUT2D eigenvalue weighted by Gasteiger charge is 1.96. The van der Waals surface area contributed by atoms with Crippen LogP contribution in [0.1, 0.15) is 36.1 Å². The van der Waals surface area contributed by atoms with E-state index in [1.807, 2.05) is 0 Å². The lowest BCUT2D eigenvalue weighted by Crippen LogP contribution is -3.11. The molecular weight excluding hydrogens is 224 g/mol. The zero-order valence-electron chi connectivity index (χ0n) is 10.4. The molecule has 0 aliphatic rings. The Morgan fingerprint density at radius 3 is 2.00 bits per heavy atom. The fraction of sp³-hybridized carbons (Fsp3) is 0.636. The molecule has 0 fully saturated rings. The fourth-order valence-corrected chi connectivity index (χ4v) is 1.80. The van der Waals surface area contributed by atoms with Crippen LogP contribution >= 0.6 is 11.5 Å². The monoisotopic (exact) mass is 244 g/mol. The first kappa shape index (κ1) is 15.1. The van der Waals surface area contributed by atoms with Gasteiger partial charge in [0.1, 0.15) is 0 Å². The molecule has 0 aliphatic heterocycles. The molecular formula is C11H20N2O2S. The Morgan fingerprint density at radius 1 is 1.38 bits per heavy atom. The van der Waals surface area contributed by atoms with E-state index in [4.69, 9.17) is 0 Å². The smallest absolute Gasteiger partial charge is 0.0831 e. The second kappa shape index (κ2) is 8.24. The van der Waals surface area contributed by atoms with E-state index in [2.05, 4.69) is 25.1 Å². The van der Waals surface area contributed by atoms with Crippen LogP contribution in [0, 0.1) is 6.92 Å². The number of carbonyl (C=O) groups excluding carboxylic acids is 1. The molecule has 0 radical (unpaired) electrons. The maximum atomic E-state index is 10.1. The van der Waals surface area contributed by atoms with Crippen molar-refractivity contribution in [1.82, 2.24) is 4.37 Å². The highest BCUT2D eigenvalue weighted by molar-refractivity contribution is 7.07. The molecule has 1 heterocycles. The van der Waals surface area contributed by atoms with Gasteiger partial charge in [-0.05, 0) is 45.3 Å². The van der Waals surface area contributed by atoms with Crippen LogP contribution in [0.4, 0.5) is 0 Å². The van der Waals surface area contributed by atoms with Gasteiger partial charge in [0, 0.05) is 0 Å². The summed E-state index contributed by atoms with van der Waals surface area (Å²) in [4.78, 5) is 11.9. The molecule has 4 nitrogen and oxygen atoms in total. The van der Waals surface area contributed by atoms with Crippen molar-refractivity contribution in [3.8, 4) is 0 Å². The number of aryl methyl sites for hydroxylation is 1. The lowest BCUT2D eigenvalue weighted by molar-refractivity contribution is -0.894. The summed E-state index contributed by atoms with van der Waals surface area (Å²) < 4.78 is 3.76. The lowest BCUT2D eigenvalue weighted by Gasteiger charge is -2.10. The third kappa shape index (κ3) is 5.82. The van der Waals surface area contributed by atoms with Gasteiger partial charge in [0.25, 0.3) is 0 Å². The van der Waals surface area contributed by atoms with Crippen molar-refractivity contribution in [3.63, 3.8) is 0 Å². The Labute approximate surface area is 101 Å². The Kier molecular flexibility index (Phi) is 7.76. The molecule has 1 N–H and O–H groups in total. The third-order valence-corrected chi connectivity index (χ3v) is 3.19. The summed E-state index contributed by atoms with van der Waals surface area (Å²) in [6, 6.07) is 1.49. The van der Waals surface area contributed by atoms with Crippen molar-refractivity contribution in [2.24, 2.45) is 0 Å². The number of nitrogens with one attached hydrogen (secondary N) is 1. The van der Waals surface area contributed by atoms with E-state index in [1.165, 1.54) is 25.7 Å². The predicted octanol–water partition coefficient (Wildman–Crippen LogP) is -0.254. The minimum absolute atomic E-state index is 0.188. The number of quaternary nitrogens is 1. The van der Waals surface area contributed by atoms with Gasteiger partial charge >= 0.3 is 0 Å². The molecule has 1 aromatic heterocycles. The highest BCUT2D eigenvalue weighted by Crippen LogP contribution is 2.06. The molecule has 0 saturated heterocycles. The van der Waals surface area contributed by atoms with Gasteiger partial charge in [-0.25, -0.2) is 0 Å².